The molecule has 0 N–H and O–H groups in total. The van der Waals surface area contributed by atoms with Gasteiger partial charge in [0.15, 0.2) is 9.84 Å². The van der Waals surface area contributed by atoms with Crippen LogP contribution in [0.2, 0.25) is 0 Å². The van der Waals surface area contributed by atoms with E-state index in [-0.39, 0.29) is 17.4 Å². The topological polar surface area (TPSA) is 51.2 Å². The quantitative estimate of drug-likeness (QED) is 0.476. The molecule has 0 amide bonds. The van der Waals surface area contributed by atoms with E-state index in [1.807, 2.05) is 0 Å². The van der Waals surface area contributed by atoms with Gasteiger partial charge in [-0.25, -0.2) is 8.42 Å². The van der Waals surface area contributed by atoms with Gasteiger partial charge >= 0.3 is 0 Å². The molecule has 0 aromatic rings. The molecule has 1 aliphatic rings. The Hall–Kier alpha value is -0.380. The molecule has 1 fully saturated rings. The van der Waals surface area contributed by atoms with Crippen molar-refractivity contribution in [2.24, 2.45) is 5.92 Å². The Morgan fingerprint density at radius 3 is 2.33 bits per heavy atom. The summed E-state index contributed by atoms with van der Waals surface area (Å²) in [7, 11) is -2.84. The van der Waals surface area contributed by atoms with Crippen LogP contribution in [0.5, 0.6) is 0 Å². The highest BCUT2D eigenvalue weighted by Gasteiger charge is 2.26. The van der Waals surface area contributed by atoms with Gasteiger partial charge in [0.1, 0.15) is 6.29 Å². The lowest BCUT2D eigenvalue weighted by atomic mass is 10.2. The largest absolute Gasteiger partial charge is 0.303 e. The summed E-state index contributed by atoms with van der Waals surface area (Å²) in [5.74, 6) is 0.0300. The van der Waals surface area contributed by atoms with Crippen molar-refractivity contribution in [2.45, 2.75) is 6.42 Å². The second kappa shape index (κ2) is 2.10. The maximum absolute atomic E-state index is 10.6. The van der Waals surface area contributed by atoms with E-state index in [0.29, 0.717) is 6.42 Å². The van der Waals surface area contributed by atoms with Crippen molar-refractivity contribution in [2.75, 3.05) is 11.5 Å². The fourth-order valence-electron chi connectivity index (χ4n) is 0.931. The molecule has 1 atom stereocenters. The number of carbonyl (C=O) groups is 1. The molecule has 0 unspecified atom stereocenters. The van der Waals surface area contributed by atoms with E-state index in [0.717, 1.165) is 6.29 Å². The number of rotatable bonds is 1. The van der Waals surface area contributed by atoms with E-state index in [9.17, 15) is 13.2 Å². The predicted molar refractivity (Wildman–Crippen MR) is 32.8 cm³/mol. The van der Waals surface area contributed by atoms with Crippen LogP contribution in [0.3, 0.4) is 0 Å². The van der Waals surface area contributed by atoms with Crippen molar-refractivity contribution in [1.29, 1.82) is 0 Å². The standard InChI is InChI=1S/C5H8O3S/c6-3-5-1-2-9(7,8)4-5/h3,5H,1-2,4H2/t5-/m1/s1. The van der Waals surface area contributed by atoms with Crippen LogP contribution in [0.4, 0.5) is 0 Å². The van der Waals surface area contributed by atoms with Gasteiger partial charge in [0.05, 0.1) is 11.5 Å². The summed E-state index contributed by atoms with van der Waals surface area (Å²) in [5, 5.41) is 0. The second-order valence-corrected chi connectivity index (χ2v) is 4.53. The molecule has 0 spiro atoms. The zero-order chi connectivity index (χ0) is 6.91. The Kier molecular flexibility index (Phi) is 1.57. The third-order valence-electron chi connectivity index (χ3n) is 1.46. The first-order chi connectivity index (χ1) is 4.14. The molecule has 1 aliphatic heterocycles. The molecule has 0 bridgehead atoms. The molecule has 0 aromatic heterocycles. The molecular formula is C5H8O3S. The van der Waals surface area contributed by atoms with E-state index >= 15 is 0 Å². The van der Waals surface area contributed by atoms with Crippen molar-refractivity contribution in [3.05, 3.63) is 0 Å². The van der Waals surface area contributed by atoms with Gasteiger partial charge in [-0.15, -0.1) is 0 Å². The number of hydrogen-bond donors (Lipinski definition) is 0. The average molecular weight is 148 g/mol. The first kappa shape index (κ1) is 6.74. The predicted octanol–water partition coefficient (Wildman–Crippen LogP) is -0.380. The van der Waals surface area contributed by atoms with Gasteiger partial charge in [0.2, 0.25) is 0 Å². The molecule has 0 aromatic carbocycles. The fraction of sp³-hybridized carbons (Fsp3) is 0.800. The first-order valence-electron chi connectivity index (χ1n) is 2.80. The summed E-state index contributed by atoms with van der Waals surface area (Å²) in [6, 6.07) is 0. The van der Waals surface area contributed by atoms with Gasteiger partial charge in [0.25, 0.3) is 0 Å². The van der Waals surface area contributed by atoms with Crippen molar-refractivity contribution < 1.29 is 13.2 Å². The van der Waals surface area contributed by atoms with E-state index in [2.05, 4.69) is 0 Å². The van der Waals surface area contributed by atoms with Crippen LogP contribution in [0, 0.1) is 5.92 Å². The Morgan fingerprint density at radius 1 is 1.44 bits per heavy atom. The summed E-state index contributed by atoms with van der Waals surface area (Å²) in [5.41, 5.74) is 0. The highest BCUT2D eigenvalue weighted by Crippen LogP contribution is 2.15. The third-order valence-corrected chi connectivity index (χ3v) is 3.25. The molecular weight excluding hydrogens is 140 g/mol. The molecule has 0 saturated carbocycles. The number of sulfone groups is 1. The summed E-state index contributed by atoms with van der Waals surface area (Å²) < 4.78 is 21.3. The van der Waals surface area contributed by atoms with Crippen LogP contribution in [-0.2, 0) is 14.6 Å². The van der Waals surface area contributed by atoms with Crippen molar-refractivity contribution >= 4 is 16.1 Å². The third kappa shape index (κ3) is 1.51. The zero-order valence-electron chi connectivity index (χ0n) is 4.91. The first-order valence-corrected chi connectivity index (χ1v) is 4.62. The molecule has 52 valence electrons. The van der Waals surface area contributed by atoms with E-state index < -0.39 is 9.84 Å². The van der Waals surface area contributed by atoms with Gasteiger partial charge in [-0.3, -0.25) is 0 Å². The zero-order valence-corrected chi connectivity index (χ0v) is 5.73. The van der Waals surface area contributed by atoms with Crippen molar-refractivity contribution in [3.63, 3.8) is 0 Å². The van der Waals surface area contributed by atoms with Crippen LogP contribution in [0.25, 0.3) is 0 Å². The molecule has 3 nitrogen and oxygen atoms in total. The number of carbonyl (C=O) groups excluding carboxylic acids is 1. The van der Waals surface area contributed by atoms with Crippen LogP contribution >= 0.6 is 0 Å². The van der Waals surface area contributed by atoms with Crippen LogP contribution in [0.1, 0.15) is 6.42 Å². The highest BCUT2D eigenvalue weighted by molar-refractivity contribution is 7.91. The molecule has 9 heavy (non-hydrogen) atoms. The molecule has 0 aliphatic carbocycles. The maximum atomic E-state index is 10.6. The summed E-state index contributed by atoms with van der Waals surface area (Å²) >= 11 is 0. The molecule has 0 radical (unpaired) electrons. The van der Waals surface area contributed by atoms with Gasteiger partial charge in [-0.05, 0) is 6.42 Å². The molecule has 1 rings (SSSR count). The normalized spacial score (nSPS) is 32.2. The monoisotopic (exact) mass is 148 g/mol. The summed E-state index contributed by atoms with van der Waals surface area (Å²) in [4.78, 5) is 10.0. The summed E-state index contributed by atoms with van der Waals surface area (Å²) in [6.45, 7) is 0. The lowest BCUT2D eigenvalue weighted by Gasteiger charge is -1.89. The SMILES string of the molecule is O=C[C@H]1CCS(=O)(=O)C1. The van der Waals surface area contributed by atoms with Gasteiger partial charge in [0, 0.05) is 5.92 Å². The van der Waals surface area contributed by atoms with Crippen LogP contribution in [0.15, 0.2) is 0 Å². The molecule has 4 heteroatoms. The molecule has 1 heterocycles. The second-order valence-electron chi connectivity index (χ2n) is 2.30. The Morgan fingerprint density at radius 2 is 2.11 bits per heavy atom. The van der Waals surface area contributed by atoms with Crippen molar-refractivity contribution in [3.8, 4) is 0 Å². The van der Waals surface area contributed by atoms with E-state index in [1.165, 1.54) is 0 Å². The number of aldehydes is 1. The summed E-state index contributed by atoms with van der Waals surface area (Å²) in [6.07, 6.45) is 1.25. The molecule has 1 saturated heterocycles. The Bertz CT molecular complexity index is 204. The van der Waals surface area contributed by atoms with Gasteiger partial charge in [-0.2, -0.15) is 0 Å². The Labute approximate surface area is 54.0 Å². The van der Waals surface area contributed by atoms with E-state index in [4.69, 9.17) is 0 Å². The Balaban J connectivity index is 2.68. The van der Waals surface area contributed by atoms with Crippen molar-refractivity contribution in [1.82, 2.24) is 0 Å². The van der Waals surface area contributed by atoms with Gasteiger partial charge in [-0.1, -0.05) is 0 Å². The van der Waals surface area contributed by atoms with Gasteiger partial charge < -0.3 is 4.79 Å². The van der Waals surface area contributed by atoms with Crippen LogP contribution < -0.4 is 0 Å². The smallest absolute Gasteiger partial charge is 0.151 e. The maximum Gasteiger partial charge on any atom is 0.151 e. The minimum absolute atomic E-state index is 0.0660. The lowest BCUT2D eigenvalue weighted by Crippen LogP contribution is -2.05. The fourth-order valence-corrected chi connectivity index (χ4v) is 2.66. The average Bonchev–Trinajstić information content (AvgIpc) is 2.10. The minimum atomic E-state index is -2.84. The highest BCUT2D eigenvalue weighted by atomic mass is 32.2. The lowest BCUT2D eigenvalue weighted by molar-refractivity contribution is -0.110. The van der Waals surface area contributed by atoms with E-state index in [1.54, 1.807) is 0 Å². The number of hydrogen-bond acceptors (Lipinski definition) is 3. The minimum Gasteiger partial charge on any atom is -0.303 e. The van der Waals surface area contributed by atoms with Crippen LogP contribution in [-0.4, -0.2) is 26.2 Å².